The van der Waals surface area contributed by atoms with Gasteiger partial charge in [0.05, 0.1) is 11.8 Å². The fourth-order valence-corrected chi connectivity index (χ4v) is 3.37. The van der Waals surface area contributed by atoms with Crippen LogP contribution in [-0.2, 0) is 11.3 Å². The molecule has 4 rings (SSSR count). The Kier molecular flexibility index (Phi) is 5.28. The predicted octanol–water partition coefficient (Wildman–Crippen LogP) is 4.25. The third-order valence-corrected chi connectivity index (χ3v) is 4.90. The van der Waals surface area contributed by atoms with Crippen LogP contribution >= 0.6 is 0 Å². The first-order valence-corrected chi connectivity index (χ1v) is 9.38. The van der Waals surface area contributed by atoms with Crippen LogP contribution < -0.4 is 0 Å². The molecule has 0 amide bonds. The van der Waals surface area contributed by atoms with Crippen LogP contribution in [0.25, 0.3) is 6.08 Å². The molecule has 1 aliphatic carbocycles. The summed E-state index contributed by atoms with van der Waals surface area (Å²) in [5.41, 5.74) is 2.27. The first-order chi connectivity index (χ1) is 12.4. The van der Waals surface area contributed by atoms with Crippen molar-refractivity contribution in [2.75, 3.05) is 19.7 Å². The molecule has 25 heavy (non-hydrogen) atoms. The molecule has 4 heteroatoms. The Morgan fingerprint density at radius 1 is 1.16 bits per heavy atom. The molecule has 2 heterocycles. The van der Waals surface area contributed by atoms with Crippen molar-refractivity contribution < 1.29 is 9.26 Å². The monoisotopic (exact) mass is 338 g/mol. The standard InChI is InChI=1S/C21H26N2O2/c1-2-6-17(7-3-1)8-4-12-23(16-20-9-5-13-24-20)15-19-14-21(25-22-19)18-10-11-18/h1-4,6-8,14,18,20H,5,9-13,15-16H2. The highest BCUT2D eigenvalue weighted by Crippen LogP contribution is 2.40. The number of benzene rings is 1. The van der Waals surface area contributed by atoms with Gasteiger partial charge in [0.25, 0.3) is 0 Å². The minimum absolute atomic E-state index is 0.347. The molecule has 4 nitrogen and oxygen atoms in total. The molecule has 0 bridgehead atoms. The summed E-state index contributed by atoms with van der Waals surface area (Å²) < 4.78 is 11.3. The first kappa shape index (κ1) is 16.6. The van der Waals surface area contributed by atoms with Gasteiger partial charge in [-0.1, -0.05) is 47.6 Å². The minimum atomic E-state index is 0.347. The Bertz CT molecular complexity index is 685. The second-order valence-corrected chi connectivity index (χ2v) is 7.14. The van der Waals surface area contributed by atoms with Crippen molar-refractivity contribution in [3.05, 3.63) is 59.5 Å². The Labute approximate surface area is 149 Å². The van der Waals surface area contributed by atoms with Crippen LogP contribution in [0, 0.1) is 0 Å². The fourth-order valence-electron chi connectivity index (χ4n) is 3.37. The second kappa shape index (κ2) is 7.98. The molecule has 1 aliphatic heterocycles. The lowest BCUT2D eigenvalue weighted by Gasteiger charge is -2.22. The van der Waals surface area contributed by atoms with Crippen LogP contribution in [0.1, 0.15) is 48.6 Å². The largest absolute Gasteiger partial charge is 0.377 e. The van der Waals surface area contributed by atoms with Crippen molar-refractivity contribution in [2.24, 2.45) is 0 Å². The lowest BCUT2D eigenvalue weighted by molar-refractivity contribution is 0.0740. The van der Waals surface area contributed by atoms with Gasteiger partial charge in [-0.25, -0.2) is 0 Å². The second-order valence-electron chi connectivity index (χ2n) is 7.14. The Balaban J connectivity index is 1.38. The molecule has 2 aliphatic rings. The summed E-state index contributed by atoms with van der Waals surface area (Å²) in [5, 5.41) is 4.28. The van der Waals surface area contributed by atoms with Crippen molar-refractivity contribution in [2.45, 2.75) is 44.2 Å². The topological polar surface area (TPSA) is 38.5 Å². The van der Waals surface area contributed by atoms with E-state index in [1.165, 1.54) is 24.8 Å². The highest BCUT2D eigenvalue weighted by molar-refractivity contribution is 5.48. The van der Waals surface area contributed by atoms with Gasteiger partial charge in [0, 0.05) is 38.2 Å². The van der Waals surface area contributed by atoms with Gasteiger partial charge >= 0.3 is 0 Å². The molecule has 1 atom stereocenters. The summed E-state index contributed by atoms with van der Waals surface area (Å²) in [6.07, 6.45) is 9.58. The molecule has 0 radical (unpaired) electrons. The average Bonchev–Trinajstić information content (AvgIpc) is 3.16. The third kappa shape index (κ3) is 4.80. The molecule has 1 saturated heterocycles. The maximum absolute atomic E-state index is 5.83. The SMILES string of the molecule is C(=Cc1ccccc1)CN(Cc1cc(C2CC2)on1)CC1CCCO1. The van der Waals surface area contributed by atoms with Crippen LogP contribution in [0.2, 0.25) is 0 Å². The van der Waals surface area contributed by atoms with Crippen LogP contribution in [0.4, 0.5) is 0 Å². The van der Waals surface area contributed by atoms with Gasteiger partial charge in [-0.3, -0.25) is 4.90 Å². The highest BCUT2D eigenvalue weighted by atomic mass is 16.5. The van der Waals surface area contributed by atoms with Crippen LogP contribution in [0.15, 0.2) is 47.0 Å². The van der Waals surface area contributed by atoms with Crippen molar-refractivity contribution >= 4 is 6.08 Å². The number of hydrogen-bond donors (Lipinski definition) is 0. The summed E-state index contributed by atoms with van der Waals surface area (Å²) in [6.45, 7) is 3.55. The zero-order valence-corrected chi connectivity index (χ0v) is 14.6. The normalized spacial score (nSPS) is 20.8. The number of hydrogen-bond acceptors (Lipinski definition) is 4. The summed E-state index contributed by atoms with van der Waals surface area (Å²) in [6, 6.07) is 12.6. The van der Waals surface area contributed by atoms with E-state index in [2.05, 4.69) is 52.5 Å². The molecule has 2 aromatic rings. The highest BCUT2D eigenvalue weighted by Gasteiger charge is 2.28. The molecular formula is C21H26N2O2. The minimum Gasteiger partial charge on any atom is -0.377 e. The molecule has 1 aromatic heterocycles. The van der Waals surface area contributed by atoms with Gasteiger partial charge in [0.1, 0.15) is 5.76 Å². The molecule has 1 aromatic carbocycles. The average molecular weight is 338 g/mol. The molecule has 1 saturated carbocycles. The zero-order valence-electron chi connectivity index (χ0n) is 14.6. The molecule has 0 N–H and O–H groups in total. The van der Waals surface area contributed by atoms with Gasteiger partial charge < -0.3 is 9.26 Å². The van der Waals surface area contributed by atoms with E-state index in [0.717, 1.165) is 44.1 Å². The lowest BCUT2D eigenvalue weighted by Crippen LogP contribution is -2.32. The van der Waals surface area contributed by atoms with Gasteiger partial charge in [0.15, 0.2) is 0 Å². The van der Waals surface area contributed by atoms with E-state index in [1.807, 2.05) is 6.07 Å². The molecule has 132 valence electrons. The van der Waals surface area contributed by atoms with E-state index in [4.69, 9.17) is 9.26 Å². The van der Waals surface area contributed by atoms with Crippen molar-refractivity contribution in [1.82, 2.24) is 10.1 Å². The summed E-state index contributed by atoms with van der Waals surface area (Å²) >= 11 is 0. The van der Waals surface area contributed by atoms with Crippen LogP contribution in [0.5, 0.6) is 0 Å². The van der Waals surface area contributed by atoms with Gasteiger partial charge in [0.2, 0.25) is 0 Å². The van der Waals surface area contributed by atoms with E-state index >= 15 is 0 Å². The number of aromatic nitrogens is 1. The number of nitrogens with zero attached hydrogens (tertiary/aromatic N) is 2. The van der Waals surface area contributed by atoms with Crippen molar-refractivity contribution in [1.29, 1.82) is 0 Å². The quantitative estimate of drug-likeness (QED) is 0.721. The van der Waals surface area contributed by atoms with Crippen LogP contribution in [0.3, 0.4) is 0 Å². The lowest BCUT2D eigenvalue weighted by atomic mass is 10.2. The molecule has 2 fully saturated rings. The predicted molar refractivity (Wildman–Crippen MR) is 98.2 cm³/mol. The van der Waals surface area contributed by atoms with Gasteiger partial charge in [-0.05, 0) is 31.2 Å². The summed E-state index contributed by atoms with van der Waals surface area (Å²) in [5.74, 6) is 1.68. The zero-order chi connectivity index (χ0) is 16.9. The maximum atomic E-state index is 5.83. The third-order valence-electron chi connectivity index (χ3n) is 4.90. The maximum Gasteiger partial charge on any atom is 0.140 e. The van der Waals surface area contributed by atoms with E-state index < -0.39 is 0 Å². The van der Waals surface area contributed by atoms with Crippen LogP contribution in [-0.4, -0.2) is 35.9 Å². The smallest absolute Gasteiger partial charge is 0.140 e. The van der Waals surface area contributed by atoms with Crippen molar-refractivity contribution in [3.63, 3.8) is 0 Å². The van der Waals surface area contributed by atoms with Gasteiger partial charge in [-0.15, -0.1) is 0 Å². The fraction of sp³-hybridized carbons (Fsp3) is 0.476. The summed E-state index contributed by atoms with van der Waals surface area (Å²) in [7, 11) is 0. The van der Waals surface area contributed by atoms with Crippen molar-refractivity contribution in [3.8, 4) is 0 Å². The van der Waals surface area contributed by atoms with E-state index in [0.29, 0.717) is 12.0 Å². The first-order valence-electron chi connectivity index (χ1n) is 9.38. The van der Waals surface area contributed by atoms with Gasteiger partial charge in [-0.2, -0.15) is 0 Å². The van der Waals surface area contributed by atoms with E-state index in [1.54, 1.807) is 0 Å². The van der Waals surface area contributed by atoms with E-state index in [9.17, 15) is 0 Å². The number of rotatable bonds is 8. The summed E-state index contributed by atoms with van der Waals surface area (Å²) in [4.78, 5) is 2.41. The Morgan fingerprint density at radius 2 is 2.04 bits per heavy atom. The Morgan fingerprint density at radius 3 is 2.80 bits per heavy atom. The Hall–Kier alpha value is -1.91. The number of ether oxygens (including phenoxy) is 1. The molecule has 1 unspecified atom stereocenters. The molecule has 0 spiro atoms. The van der Waals surface area contributed by atoms with E-state index in [-0.39, 0.29) is 0 Å². The molecular weight excluding hydrogens is 312 g/mol.